The highest BCUT2D eigenvalue weighted by molar-refractivity contribution is 5.68. The van der Waals surface area contributed by atoms with E-state index in [1.807, 2.05) is 12.1 Å². The minimum atomic E-state index is 0.638. The fourth-order valence-electron chi connectivity index (χ4n) is 2.06. The summed E-state index contributed by atoms with van der Waals surface area (Å²) >= 11 is 0. The molecule has 1 aromatic rings. The van der Waals surface area contributed by atoms with Gasteiger partial charge in [-0.15, -0.1) is 0 Å². The second-order valence-electron chi connectivity index (χ2n) is 4.01. The fraction of sp³-hybridized carbons (Fsp3) is 0.500. The van der Waals surface area contributed by atoms with Gasteiger partial charge in [0.25, 0.3) is 0 Å². The first-order valence-corrected chi connectivity index (χ1v) is 5.24. The van der Waals surface area contributed by atoms with Gasteiger partial charge in [-0.05, 0) is 24.5 Å². The van der Waals surface area contributed by atoms with E-state index >= 15 is 0 Å². The molecule has 1 aliphatic rings. The Hall–Kier alpha value is -1.38. The molecule has 1 aliphatic heterocycles. The number of rotatable bonds is 2. The number of benzene rings is 1. The smallest absolute Gasteiger partial charge is 0.142 e. The molecular formula is C12H17NO2. The Morgan fingerprint density at radius 1 is 1.20 bits per heavy atom. The minimum Gasteiger partial charge on any atom is -0.496 e. The first kappa shape index (κ1) is 10.1. The summed E-state index contributed by atoms with van der Waals surface area (Å²) in [6.45, 7) is 3.23. The van der Waals surface area contributed by atoms with E-state index < -0.39 is 0 Å². The van der Waals surface area contributed by atoms with Crippen LogP contribution in [-0.4, -0.2) is 20.8 Å². The Morgan fingerprint density at radius 2 is 1.87 bits per heavy atom. The normalized spacial score (nSPS) is 19.0. The first-order chi connectivity index (χ1) is 7.26. The molecule has 3 nitrogen and oxygen atoms in total. The standard InChI is InChI=1S/C12H17NO2/c1-8-6-9-10(14-2)4-5-11(15-3)12(9)13-7-8/h4-5,8,13H,6-7H2,1-3H3. The predicted octanol–water partition coefficient (Wildman–Crippen LogP) is 2.31. The number of fused-ring (bicyclic) bond motifs is 1. The highest BCUT2D eigenvalue weighted by Crippen LogP contribution is 2.39. The van der Waals surface area contributed by atoms with E-state index in [1.165, 1.54) is 5.56 Å². The maximum absolute atomic E-state index is 5.36. The molecule has 1 atom stereocenters. The van der Waals surface area contributed by atoms with Crippen LogP contribution in [0.2, 0.25) is 0 Å². The topological polar surface area (TPSA) is 30.5 Å². The molecule has 0 saturated carbocycles. The zero-order valence-electron chi connectivity index (χ0n) is 9.46. The van der Waals surface area contributed by atoms with Crippen LogP contribution in [0.15, 0.2) is 12.1 Å². The van der Waals surface area contributed by atoms with Crippen molar-refractivity contribution in [1.29, 1.82) is 0 Å². The molecule has 3 heteroatoms. The number of nitrogens with one attached hydrogen (secondary N) is 1. The molecule has 0 radical (unpaired) electrons. The fourth-order valence-corrected chi connectivity index (χ4v) is 2.06. The third-order valence-electron chi connectivity index (χ3n) is 2.85. The predicted molar refractivity (Wildman–Crippen MR) is 60.9 cm³/mol. The van der Waals surface area contributed by atoms with Gasteiger partial charge in [-0.2, -0.15) is 0 Å². The van der Waals surface area contributed by atoms with Gasteiger partial charge in [0.15, 0.2) is 0 Å². The van der Waals surface area contributed by atoms with E-state index in [-0.39, 0.29) is 0 Å². The number of ether oxygens (including phenoxy) is 2. The van der Waals surface area contributed by atoms with Crippen molar-refractivity contribution < 1.29 is 9.47 Å². The molecule has 0 amide bonds. The molecule has 1 unspecified atom stereocenters. The van der Waals surface area contributed by atoms with Crippen molar-refractivity contribution in [3.63, 3.8) is 0 Å². The molecule has 0 aromatic heterocycles. The summed E-state index contributed by atoms with van der Waals surface area (Å²) in [4.78, 5) is 0. The van der Waals surface area contributed by atoms with E-state index in [0.717, 1.165) is 30.2 Å². The van der Waals surface area contributed by atoms with Crippen LogP contribution in [0, 0.1) is 5.92 Å². The molecule has 2 rings (SSSR count). The minimum absolute atomic E-state index is 0.638. The van der Waals surface area contributed by atoms with Gasteiger partial charge < -0.3 is 14.8 Å². The van der Waals surface area contributed by atoms with E-state index in [1.54, 1.807) is 14.2 Å². The zero-order valence-corrected chi connectivity index (χ0v) is 9.46. The van der Waals surface area contributed by atoms with Gasteiger partial charge in [-0.25, -0.2) is 0 Å². The van der Waals surface area contributed by atoms with Crippen LogP contribution in [-0.2, 0) is 6.42 Å². The van der Waals surface area contributed by atoms with Crippen molar-refractivity contribution in [2.75, 3.05) is 26.1 Å². The third kappa shape index (κ3) is 1.74. The second kappa shape index (κ2) is 4.01. The van der Waals surface area contributed by atoms with Gasteiger partial charge in [0.2, 0.25) is 0 Å². The summed E-state index contributed by atoms with van der Waals surface area (Å²) in [5.74, 6) is 2.49. The van der Waals surface area contributed by atoms with Crippen molar-refractivity contribution >= 4 is 5.69 Å². The molecule has 0 aliphatic carbocycles. The molecule has 0 fully saturated rings. The molecule has 82 valence electrons. The average molecular weight is 207 g/mol. The van der Waals surface area contributed by atoms with Gasteiger partial charge in [0, 0.05) is 12.1 Å². The van der Waals surface area contributed by atoms with Crippen LogP contribution in [0.25, 0.3) is 0 Å². The van der Waals surface area contributed by atoms with Crippen LogP contribution in [0.1, 0.15) is 12.5 Å². The van der Waals surface area contributed by atoms with E-state index in [2.05, 4.69) is 12.2 Å². The quantitative estimate of drug-likeness (QED) is 0.807. The molecule has 1 aromatic carbocycles. The van der Waals surface area contributed by atoms with Crippen molar-refractivity contribution in [3.05, 3.63) is 17.7 Å². The Bertz CT molecular complexity index is 363. The van der Waals surface area contributed by atoms with Gasteiger partial charge >= 0.3 is 0 Å². The average Bonchev–Trinajstić information content (AvgIpc) is 2.27. The molecule has 1 heterocycles. The summed E-state index contributed by atoms with van der Waals surface area (Å²) in [5.41, 5.74) is 2.32. The summed E-state index contributed by atoms with van der Waals surface area (Å²) in [5, 5.41) is 3.40. The van der Waals surface area contributed by atoms with Crippen LogP contribution in [0.4, 0.5) is 5.69 Å². The largest absolute Gasteiger partial charge is 0.496 e. The van der Waals surface area contributed by atoms with Crippen molar-refractivity contribution in [2.24, 2.45) is 5.92 Å². The Kier molecular flexibility index (Phi) is 2.71. The van der Waals surface area contributed by atoms with Crippen LogP contribution in [0.5, 0.6) is 11.5 Å². The van der Waals surface area contributed by atoms with Crippen molar-refractivity contribution in [1.82, 2.24) is 0 Å². The summed E-state index contributed by atoms with van der Waals surface area (Å²) in [6, 6.07) is 3.91. The molecule has 0 bridgehead atoms. The molecule has 0 spiro atoms. The lowest BCUT2D eigenvalue weighted by Crippen LogP contribution is -2.21. The van der Waals surface area contributed by atoms with Gasteiger partial charge in [-0.1, -0.05) is 6.92 Å². The second-order valence-corrected chi connectivity index (χ2v) is 4.01. The Balaban J connectivity index is 2.48. The van der Waals surface area contributed by atoms with E-state index in [0.29, 0.717) is 5.92 Å². The van der Waals surface area contributed by atoms with Gasteiger partial charge in [0.05, 0.1) is 19.9 Å². The number of hydrogen-bond donors (Lipinski definition) is 1. The highest BCUT2D eigenvalue weighted by Gasteiger charge is 2.21. The van der Waals surface area contributed by atoms with E-state index in [4.69, 9.17) is 9.47 Å². The van der Waals surface area contributed by atoms with Crippen LogP contribution >= 0.6 is 0 Å². The van der Waals surface area contributed by atoms with Gasteiger partial charge in [0.1, 0.15) is 11.5 Å². The van der Waals surface area contributed by atoms with Crippen LogP contribution < -0.4 is 14.8 Å². The molecule has 1 N–H and O–H groups in total. The number of hydrogen-bond acceptors (Lipinski definition) is 3. The lowest BCUT2D eigenvalue weighted by Gasteiger charge is -2.26. The summed E-state index contributed by atoms with van der Waals surface area (Å²) < 4.78 is 10.7. The van der Waals surface area contributed by atoms with Crippen molar-refractivity contribution in [3.8, 4) is 11.5 Å². The third-order valence-corrected chi connectivity index (χ3v) is 2.85. The molecule has 0 saturated heterocycles. The van der Waals surface area contributed by atoms with Gasteiger partial charge in [-0.3, -0.25) is 0 Å². The molecular weight excluding hydrogens is 190 g/mol. The lowest BCUT2D eigenvalue weighted by atomic mass is 9.94. The highest BCUT2D eigenvalue weighted by atomic mass is 16.5. The lowest BCUT2D eigenvalue weighted by molar-refractivity contribution is 0.394. The van der Waals surface area contributed by atoms with Crippen molar-refractivity contribution in [2.45, 2.75) is 13.3 Å². The Morgan fingerprint density at radius 3 is 2.53 bits per heavy atom. The summed E-state index contributed by atoms with van der Waals surface area (Å²) in [7, 11) is 3.41. The monoisotopic (exact) mass is 207 g/mol. The first-order valence-electron chi connectivity index (χ1n) is 5.24. The maximum atomic E-state index is 5.36. The zero-order chi connectivity index (χ0) is 10.8. The van der Waals surface area contributed by atoms with Crippen LogP contribution in [0.3, 0.4) is 0 Å². The summed E-state index contributed by atoms with van der Waals surface area (Å²) in [6.07, 6.45) is 1.04. The maximum Gasteiger partial charge on any atom is 0.142 e. The number of methoxy groups -OCH3 is 2. The Labute approximate surface area is 90.4 Å². The molecule has 15 heavy (non-hydrogen) atoms. The number of anilines is 1. The SMILES string of the molecule is COc1ccc(OC)c2c1CC(C)CN2. The van der Waals surface area contributed by atoms with E-state index in [9.17, 15) is 0 Å².